The highest BCUT2D eigenvalue weighted by Gasteiger charge is 2.41. The first-order valence-electron chi connectivity index (χ1n) is 8.24. The molecule has 0 spiro atoms. The SMILES string of the molecule is CCc1oc(C(=O)OC)cc1S(=O)(=O)NC1(CN)CCCCC1C. The van der Waals surface area contributed by atoms with Crippen LogP contribution in [-0.4, -0.2) is 33.6 Å². The van der Waals surface area contributed by atoms with E-state index >= 15 is 0 Å². The van der Waals surface area contributed by atoms with Gasteiger partial charge in [0.25, 0.3) is 0 Å². The molecular weight excluding hydrogens is 332 g/mol. The van der Waals surface area contributed by atoms with Crippen LogP contribution in [0.5, 0.6) is 0 Å². The topological polar surface area (TPSA) is 112 Å². The Kier molecular flexibility index (Phi) is 5.72. The third kappa shape index (κ3) is 3.50. The molecule has 1 aliphatic carbocycles. The summed E-state index contributed by atoms with van der Waals surface area (Å²) >= 11 is 0. The van der Waals surface area contributed by atoms with Gasteiger partial charge in [-0.25, -0.2) is 17.9 Å². The van der Waals surface area contributed by atoms with Crippen molar-refractivity contribution in [2.75, 3.05) is 13.7 Å². The summed E-state index contributed by atoms with van der Waals surface area (Å²) in [6.45, 7) is 4.02. The summed E-state index contributed by atoms with van der Waals surface area (Å²) in [5.41, 5.74) is 5.27. The first-order chi connectivity index (χ1) is 11.3. The molecular formula is C16H26N2O5S. The summed E-state index contributed by atoms with van der Waals surface area (Å²) in [6.07, 6.45) is 3.98. The van der Waals surface area contributed by atoms with Crippen LogP contribution in [0.4, 0.5) is 0 Å². The molecule has 24 heavy (non-hydrogen) atoms. The van der Waals surface area contributed by atoms with Gasteiger partial charge in [-0.1, -0.05) is 26.7 Å². The highest BCUT2D eigenvalue weighted by atomic mass is 32.2. The van der Waals surface area contributed by atoms with Gasteiger partial charge in [0.05, 0.1) is 7.11 Å². The van der Waals surface area contributed by atoms with Crippen molar-refractivity contribution in [2.24, 2.45) is 11.7 Å². The maximum Gasteiger partial charge on any atom is 0.373 e. The van der Waals surface area contributed by atoms with E-state index in [1.807, 2.05) is 6.92 Å². The number of nitrogens with two attached hydrogens (primary N) is 1. The Balaban J connectivity index is 2.39. The minimum absolute atomic E-state index is 0.0176. The summed E-state index contributed by atoms with van der Waals surface area (Å²) in [7, 11) is -2.64. The Morgan fingerprint density at radius 3 is 2.75 bits per heavy atom. The normalized spacial score (nSPS) is 24.8. The summed E-state index contributed by atoms with van der Waals surface area (Å²) in [5.74, 6) is -0.444. The second-order valence-electron chi connectivity index (χ2n) is 6.36. The molecule has 2 unspecified atom stereocenters. The zero-order chi connectivity index (χ0) is 18.0. The second-order valence-corrected chi connectivity index (χ2v) is 8.01. The number of furan rings is 1. The molecule has 1 aromatic heterocycles. The second kappa shape index (κ2) is 7.25. The van der Waals surface area contributed by atoms with E-state index in [1.54, 1.807) is 6.92 Å². The van der Waals surface area contributed by atoms with Crippen molar-refractivity contribution in [3.05, 3.63) is 17.6 Å². The van der Waals surface area contributed by atoms with E-state index in [0.29, 0.717) is 12.8 Å². The number of carbonyl (C=O) groups excluding carboxylic acids is 1. The van der Waals surface area contributed by atoms with Crippen LogP contribution in [0.25, 0.3) is 0 Å². The van der Waals surface area contributed by atoms with E-state index in [0.717, 1.165) is 19.3 Å². The maximum absolute atomic E-state index is 12.9. The van der Waals surface area contributed by atoms with Crippen molar-refractivity contribution in [3.8, 4) is 0 Å². The van der Waals surface area contributed by atoms with Crippen LogP contribution < -0.4 is 10.5 Å². The molecule has 3 N–H and O–H groups in total. The molecule has 1 aromatic rings. The van der Waals surface area contributed by atoms with E-state index in [-0.39, 0.29) is 28.9 Å². The van der Waals surface area contributed by atoms with Gasteiger partial charge < -0.3 is 14.9 Å². The molecule has 1 fully saturated rings. The number of aryl methyl sites for hydroxylation is 1. The Bertz CT molecular complexity index is 697. The van der Waals surface area contributed by atoms with Crippen molar-refractivity contribution in [2.45, 2.75) is 56.4 Å². The van der Waals surface area contributed by atoms with Crippen molar-refractivity contribution in [3.63, 3.8) is 0 Å². The maximum atomic E-state index is 12.9. The third-order valence-corrected chi connectivity index (χ3v) is 6.52. The van der Waals surface area contributed by atoms with Gasteiger partial charge in [-0.2, -0.15) is 0 Å². The van der Waals surface area contributed by atoms with Crippen LogP contribution in [0.1, 0.15) is 55.8 Å². The molecule has 2 atom stereocenters. The van der Waals surface area contributed by atoms with Crippen LogP contribution in [-0.2, 0) is 21.2 Å². The van der Waals surface area contributed by atoms with Crippen LogP contribution in [0.15, 0.2) is 15.4 Å². The zero-order valence-electron chi connectivity index (χ0n) is 14.4. The van der Waals surface area contributed by atoms with E-state index in [9.17, 15) is 13.2 Å². The molecule has 2 rings (SSSR count). The van der Waals surface area contributed by atoms with E-state index in [1.165, 1.54) is 13.2 Å². The molecule has 0 radical (unpaired) electrons. The van der Waals surface area contributed by atoms with Gasteiger partial charge in [-0.05, 0) is 18.8 Å². The molecule has 1 saturated carbocycles. The lowest BCUT2D eigenvalue weighted by Crippen LogP contribution is -2.59. The number of sulfonamides is 1. The Morgan fingerprint density at radius 2 is 2.21 bits per heavy atom. The summed E-state index contributed by atoms with van der Waals surface area (Å²) in [4.78, 5) is 11.6. The first kappa shape index (κ1) is 19.0. The third-order valence-electron chi connectivity index (χ3n) is 4.92. The van der Waals surface area contributed by atoms with Gasteiger partial charge in [0.1, 0.15) is 10.7 Å². The largest absolute Gasteiger partial charge is 0.463 e. The monoisotopic (exact) mass is 358 g/mol. The molecule has 0 aliphatic heterocycles. The lowest BCUT2D eigenvalue weighted by molar-refractivity contribution is 0.0563. The van der Waals surface area contributed by atoms with Gasteiger partial charge in [-0.15, -0.1) is 0 Å². The molecule has 136 valence electrons. The zero-order valence-corrected chi connectivity index (χ0v) is 15.2. The van der Waals surface area contributed by atoms with Crippen molar-refractivity contribution >= 4 is 16.0 Å². The molecule has 0 bridgehead atoms. The fraction of sp³-hybridized carbons (Fsp3) is 0.688. The van der Waals surface area contributed by atoms with Crippen molar-refractivity contribution in [1.29, 1.82) is 0 Å². The molecule has 1 heterocycles. The number of ether oxygens (including phenoxy) is 1. The lowest BCUT2D eigenvalue weighted by Gasteiger charge is -2.42. The van der Waals surface area contributed by atoms with E-state index in [4.69, 9.17) is 10.2 Å². The molecule has 1 aliphatic rings. The number of rotatable bonds is 6. The van der Waals surface area contributed by atoms with E-state index in [2.05, 4.69) is 9.46 Å². The quantitative estimate of drug-likeness (QED) is 0.750. The first-order valence-corrected chi connectivity index (χ1v) is 9.73. The van der Waals surface area contributed by atoms with Crippen molar-refractivity contribution < 1.29 is 22.4 Å². The number of methoxy groups -OCH3 is 1. The molecule has 0 amide bonds. The molecule has 0 aromatic carbocycles. The van der Waals surface area contributed by atoms with Gasteiger partial charge in [-0.3, -0.25) is 0 Å². The Morgan fingerprint density at radius 1 is 1.50 bits per heavy atom. The Labute approximate surface area is 143 Å². The van der Waals surface area contributed by atoms with Crippen LogP contribution in [0.2, 0.25) is 0 Å². The average molecular weight is 358 g/mol. The molecule has 8 heteroatoms. The predicted octanol–water partition coefficient (Wildman–Crippen LogP) is 1.81. The average Bonchev–Trinajstić information content (AvgIpc) is 3.01. The van der Waals surface area contributed by atoms with Gasteiger partial charge >= 0.3 is 5.97 Å². The van der Waals surface area contributed by atoms with Gasteiger partial charge in [0.15, 0.2) is 0 Å². The Hall–Kier alpha value is -1.38. The fourth-order valence-corrected chi connectivity index (χ4v) is 5.10. The molecule has 7 nitrogen and oxygen atoms in total. The van der Waals surface area contributed by atoms with Crippen LogP contribution >= 0.6 is 0 Å². The lowest BCUT2D eigenvalue weighted by atomic mass is 9.74. The van der Waals surface area contributed by atoms with Crippen LogP contribution in [0, 0.1) is 5.92 Å². The summed E-state index contributed by atoms with van der Waals surface area (Å²) < 4.78 is 38.6. The number of carbonyl (C=O) groups is 1. The fourth-order valence-electron chi connectivity index (χ4n) is 3.32. The highest BCUT2D eigenvalue weighted by Crippen LogP contribution is 2.35. The van der Waals surface area contributed by atoms with Crippen LogP contribution in [0.3, 0.4) is 0 Å². The highest BCUT2D eigenvalue weighted by molar-refractivity contribution is 7.89. The van der Waals surface area contributed by atoms with Gasteiger partial charge in [0, 0.05) is 24.6 Å². The number of hydrogen-bond donors (Lipinski definition) is 2. The minimum Gasteiger partial charge on any atom is -0.463 e. The summed E-state index contributed by atoms with van der Waals surface area (Å²) in [5, 5.41) is 0. The van der Waals surface area contributed by atoms with E-state index < -0.39 is 21.5 Å². The number of esters is 1. The summed E-state index contributed by atoms with van der Waals surface area (Å²) in [6, 6.07) is 1.23. The molecule has 0 saturated heterocycles. The van der Waals surface area contributed by atoms with Gasteiger partial charge in [0.2, 0.25) is 15.8 Å². The van der Waals surface area contributed by atoms with Crippen molar-refractivity contribution in [1.82, 2.24) is 4.72 Å². The number of hydrogen-bond acceptors (Lipinski definition) is 6. The standard InChI is InChI=1S/C16H26N2O5S/c1-4-12-14(9-13(23-12)15(19)22-3)24(20,21)18-16(10-17)8-6-5-7-11(16)2/h9,11,18H,4-8,10,17H2,1-3H3. The predicted molar refractivity (Wildman–Crippen MR) is 89.2 cm³/mol. The smallest absolute Gasteiger partial charge is 0.373 e. The number of nitrogens with one attached hydrogen (secondary N) is 1. The minimum atomic E-state index is -3.86.